The van der Waals surface area contributed by atoms with E-state index in [1.807, 2.05) is 55.5 Å². The van der Waals surface area contributed by atoms with E-state index in [4.69, 9.17) is 22.3 Å². The Morgan fingerprint density at radius 1 is 1.19 bits per heavy atom. The average Bonchev–Trinajstić information content (AvgIpc) is 3.23. The van der Waals surface area contributed by atoms with Gasteiger partial charge in [-0.1, -0.05) is 41.9 Å². The molecule has 1 fully saturated rings. The van der Waals surface area contributed by atoms with E-state index in [-0.39, 0.29) is 6.04 Å². The average molecular weight is 436 g/mol. The Balaban J connectivity index is 1.73. The third-order valence-corrected chi connectivity index (χ3v) is 6.07. The van der Waals surface area contributed by atoms with Gasteiger partial charge < -0.3 is 10.6 Å². The van der Waals surface area contributed by atoms with Gasteiger partial charge in [-0.15, -0.1) is 0 Å². The van der Waals surface area contributed by atoms with Crippen molar-refractivity contribution in [1.29, 1.82) is 0 Å². The number of rotatable bonds is 6. The second-order valence-electron chi connectivity index (χ2n) is 8.02. The zero-order valence-corrected chi connectivity index (χ0v) is 18.5. The fourth-order valence-corrected chi connectivity index (χ4v) is 4.26. The number of hydrogen-bond donors (Lipinski definition) is 1. The minimum atomic E-state index is -0.437. The molecule has 2 heterocycles. The van der Waals surface area contributed by atoms with Crippen LogP contribution in [0.25, 0.3) is 11.1 Å². The zero-order chi connectivity index (χ0) is 22.0. The minimum Gasteiger partial charge on any atom is -0.366 e. The number of benzene rings is 2. The molecule has 6 nitrogen and oxygen atoms in total. The number of anilines is 1. The highest BCUT2D eigenvalue weighted by atomic mass is 35.5. The number of hydrogen-bond acceptors (Lipinski definition) is 5. The van der Waals surface area contributed by atoms with Gasteiger partial charge in [-0.25, -0.2) is 9.97 Å². The molecule has 1 aliphatic heterocycles. The summed E-state index contributed by atoms with van der Waals surface area (Å²) < 4.78 is 0. The van der Waals surface area contributed by atoms with Crippen molar-refractivity contribution in [2.45, 2.75) is 25.4 Å². The lowest BCUT2D eigenvalue weighted by atomic mass is 9.98. The molecule has 1 amide bonds. The van der Waals surface area contributed by atoms with Gasteiger partial charge in [-0.2, -0.15) is 0 Å². The number of primary amides is 1. The SMILES string of the molecule is CN(C)c1ncc(-c2ccc(C(N)=O)cc2)c([C@H]2CCCN2Cc2ccccc2Cl)n1. The van der Waals surface area contributed by atoms with Gasteiger partial charge in [0.2, 0.25) is 11.9 Å². The monoisotopic (exact) mass is 435 g/mol. The predicted molar refractivity (Wildman–Crippen MR) is 124 cm³/mol. The van der Waals surface area contributed by atoms with Crippen molar-refractivity contribution in [2.75, 3.05) is 25.5 Å². The lowest BCUT2D eigenvalue weighted by Gasteiger charge is -2.27. The van der Waals surface area contributed by atoms with Gasteiger partial charge in [0.05, 0.1) is 11.7 Å². The summed E-state index contributed by atoms with van der Waals surface area (Å²) in [6.07, 6.45) is 3.99. The second-order valence-corrected chi connectivity index (χ2v) is 8.43. The summed E-state index contributed by atoms with van der Waals surface area (Å²) in [5, 5.41) is 0.784. The molecule has 0 bridgehead atoms. The van der Waals surface area contributed by atoms with E-state index in [1.54, 1.807) is 12.1 Å². The molecule has 0 radical (unpaired) electrons. The Kier molecular flexibility index (Phi) is 6.20. The Bertz CT molecular complexity index is 1080. The van der Waals surface area contributed by atoms with E-state index < -0.39 is 5.91 Å². The van der Waals surface area contributed by atoms with Crippen LogP contribution < -0.4 is 10.6 Å². The summed E-state index contributed by atoms with van der Waals surface area (Å²) in [5.74, 6) is 0.241. The highest BCUT2D eigenvalue weighted by Crippen LogP contribution is 2.38. The fourth-order valence-electron chi connectivity index (χ4n) is 4.06. The van der Waals surface area contributed by atoms with Crippen LogP contribution in [0, 0.1) is 0 Å². The number of likely N-dealkylation sites (tertiary alicyclic amines) is 1. The molecular weight excluding hydrogens is 410 g/mol. The minimum absolute atomic E-state index is 0.156. The molecule has 1 aliphatic rings. The van der Waals surface area contributed by atoms with E-state index in [1.165, 1.54) is 0 Å². The van der Waals surface area contributed by atoms with Crippen LogP contribution in [0.1, 0.15) is 40.5 Å². The molecule has 0 spiro atoms. The molecule has 0 aliphatic carbocycles. The smallest absolute Gasteiger partial charge is 0.248 e. The Hall–Kier alpha value is -2.96. The van der Waals surface area contributed by atoms with Crippen molar-refractivity contribution in [3.63, 3.8) is 0 Å². The maximum absolute atomic E-state index is 11.5. The summed E-state index contributed by atoms with van der Waals surface area (Å²) in [7, 11) is 3.88. The van der Waals surface area contributed by atoms with Crippen LogP contribution in [0.4, 0.5) is 5.95 Å². The van der Waals surface area contributed by atoms with Crippen molar-refractivity contribution in [3.8, 4) is 11.1 Å². The maximum Gasteiger partial charge on any atom is 0.248 e. The molecule has 7 heteroatoms. The van der Waals surface area contributed by atoms with Crippen molar-refractivity contribution in [1.82, 2.24) is 14.9 Å². The molecule has 2 N–H and O–H groups in total. The van der Waals surface area contributed by atoms with Gasteiger partial charge >= 0.3 is 0 Å². The van der Waals surface area contributed by atoms with Crippen LogP contribution in [0.5, 0.6) is 0 Å². The summed E-state index contributed by atoms with van der Waals surface area (Å²) in [6.45, 7) is 1.75. The molecule has 1 aromatic heterocycles. The predicted octanol–water partition coefficient (Wildman–Crippen LogP) is 4.30. The highest BCUT2D eigenvalue weighted by Gasteiger charge is 2.30. The molecule has 1 saturated heterocycles. The van der Waals surface area contributed by atoms with Crippen LogP contribution in [0.15, 0.2) is 54.7 Å². The van der Waals surface area contributed by atoms with E-state index in [9.17, 15) is 4.79 Å². The van der Waals surface area contributed by atoms with Crippen LogP contribution in [0.3, 0.4) is 0 Å². The van der Waals surface area contributed by atoms with Gasteiger partial charge in [0.15, 0.2) is 0 Å². The lowest BCUT2D eigenvalue weighted by Crippen LogP contribution is -2.25. The van der Waals surface area contributed by atoms with Gasteiger partial charge in [-0.05, 0) is 48.7 Å². The summed E-state index contributed by atoms with van der Waals surface area (Å²) in [4.78, 5) is 25.3. The summed E-state index contributed by atoms with van der Waals surface area (Å²) in [5.41, 5.74) is 9.93. The maximum atomic E-state index is 11.5. The lowest BCUT2D eigenvalue weighted by molar-refractivity contribution is 0.100. The van der Waals surface area contributed by atoms with Gasteiger partial charge in [-0.3, -0.25) is 9.69 Å². The summed E-state index contributed by atoms with van der Waals surface area (Å²) >= 11 is 6.43. The molecular formula is C24H26ClN5O. The number of amides is 1. The largest absolute Gasteiger partial charge is 0.366 e. The van der Waals surface area contributed by atoms with E-state index in [2.05, 4.69) is 16.0 Å². The van der Waals surface area contributed by atoms with Crippen LogP contribution in [0.2, 0.25) is 5.02 Å². The number of nitrogens with zero attached hydrogens (tertiary/aromatic N) is 4. The third kappa shape index (κ3) is 4.55. The Morgan fingerprint density at radius 3 is 2.61 bits per heavy atom. The van der Waals surface area contributed by atoms with E-state index in [0.29, 0.717) is 11.5 Å². The van der Waals surface area contributed by atoms with E-state index in [0.717, 1.165) is 53.3 Å². The highest BCUT2D eigenvalue weighted by molar-refractivity contribution is 6.31. The first-order chi connectivity index (χ1) is 14.9. The normalized spacial score (nSPS) is 16.4. The number of nitrogens with two attached hydrogens (primary N) is 1. The topological polar surface area (TPSA) is 75.4 Å². The molecule has 160 valence electrons. The zero-order valence-electron chi connectivity index (χ0n) is 17.8. The fraction of sp³-hybridized carbons (Fsp3) is 0.292. The molecule has 31 heavy (non-hydrogen) atoms. The first-order valence-corrected chi connectivity index (χ1v) is 10.7. The third-order valence-electron chi connectivity index (χ3n) is 5.70. The second kappa shape index (κ2) is 9.04. The molecule has 0 saturated carbocycles. The molecule has 3 aromatic rings. The van der Waals surface area contributed by atoms with Crippen LogP contribution in [-0.4, -0.2) is 41.4 Å². The van der Waals surface area contributed by atoms with Crippen LogP contribution >= 0.6 is 11.6 Å². The quantitative estimate of drug-likeness (QED) is 0.624. The Morgan fingerprint density at radius 2 is 1.94 bits per heavy atom. The summed E-state index contributed by atoms with van der Waals surface area (Å²) in [6, 6.07) is 15.4. The molecule has 4 rings (SSSR count). The van der Waals surface area contributed by atoms with E-state index >= 15 is 0 Å². The van der Waals surface area contributed by atoms with Crippen molar-refractivity contribution < 1.29 is 4.79 Å². The van der Waals surface area contributed by atoms with Gasteiger partial charge in [0.25, 0.3) is 0 Å². The molecule has 1 atom stereocenters. The van der Waals surface area contributed by atoms with Crippen LogP contribution in [-0.2, 0) is 6.54 Å². The number of halogens is 1. The number of carbonyl (C=O) groups is 1. The number of carbonyl (C=O) groups excluding carboxylic acids is 1. The Labute approximate surface area is 187 Å². The molecule has 2 aromatic carbocycles. The molecule has 0 unspecified atom stereocenters. The standard InChI is InChI=1S/C24H26ClN5O/c1-29(2)24-27-14-19(16-9-11-17(12-10-16)23(26)31)22(28-24)21-8-5-13-30(21)15-18-6-3-4-7-20(18)25/h3-4,6-7,9-12,14,21H,5,8,13,15H2,1-2H3,(H2,26,31)/t21-/m1/s1. The van der Waals surface area contributed by atoms with Crippen molar-refractivity contribution >= 4 is 23.5 Å². The van der Waals surface area contributed by atoms with Gasteiger partial charge in [0.1, 0.15) is 0 Å². The number of aromatic nitrogens is 2. The van der Waals surface area contributed by atoms with Gasteiger partial charge in [0, 0.05) is 43.0 Å². The van der Waals surface area contributed by atoms with Crippen molar-refractivity contribution in [3.05, 3.63) is 76.6 Å². The van der Waals surface area contributed by atoms with Crippen molar-refractivity contribution in [2.24, 2.45) is 5.73 Å². The first-order valence-electron chi connectivity index (χ1n) is 10.4. The first kappa shape index (κ1) is 21.3.